The molecule has 1 fully saturated rings. The Kier molecular flexibility index (Phi) is 12.9. The first-order valence-corrected chi connectivity index (χ1v) is 13.8. The van der Waals surface area contributed by atoms with E-state index in [1.165, 1.54) is 108 Å². The molecular formula is C22H45NSi. The van der Waals surface area contributed by atoms with Crippen LogP contribution in [0, 0.1) is 0 Å². The molecule has 0 radical (unpaired) electrons. The summed E-state index contributed by atoms with van der Waals surface area (Å²) in [5.74, 6) is 0. The van der Waals surface area contributed by atoms with Crippen molar-refractivity contribution in [1.29, 1.82) is 0 Å². The van der Waals surface area contributed by atoms with Crippen molar-refractivity contribution in [3.8, 4) is 0 Å². The standard InChI is InChI=1S/C22H45NSi/c1-4-19-24(20-5-2,21-6-3)22-23-17-15-13-11-9-7-8-10-12-14-16-18-23/h4,19H,5-18,20-22H2,1-3H3. The lowest BCUT2D eigenvalue weighted by atomic mass is 10.1. The van der Waals surface area contributed by atoms with E-state index in [2.05, 4.69) is 37.4 Å². The third-order valence-corrected chi connectivity index (χ3v) is 10.9. The van der Waals surface area contributed by atoms with Gasteiger partial charge in [0.25, 0.3) is 0 Å². The highest BCUT2D eigenvalue weighted by molar-refractivity contribution is 6.84. The Balaban J connectivity index is 2.66. The average Bonchev–Trinajstić information content (AvgIpc) is 2.58. The van der Waals surface area contributed by atoms with Crippen LogP contribution in [0.3, 0.4) is 0 Å². The van der Waals surface area contributed by atoms with Crippen molar-refractivity contribution >= 4 is 8.07 Å². The van der Waals surface area contributed by atoms with Gasteiger partial charge < -0.3 is 4.90 Å². The van der Waals surface area contributed by atoms with Gasteiger partial charge in [-0.1, -0.05) is 102 Å². The number of allylic oxidation sites excluding steroid dienone is 1. The first-order valence-electron chi connectivity index (χ1n) is 11.1. The second-order valence-corrected chi connectivity index (χ2v) is 12.5. The van der Waals surface area contributed by atoms with Gasteiger partial charge in [-0.2, -0.15) is 0 Å². The van der Waals surface area contributed by atoms with Crippen LogP contribution >= 0.6 is 0 Å². The van der Waals surface area contributed by atoms with Gasteiger partial charge in [0.1, 0.15) is 0 Å². The Morgan fingerprint density at radius 3 is 1.50 bits per heavy atom. The molecule has 1 aliphatic rings. The normalized spacial score (nSPS) is 20.5. The molecule has 0 aromatic heterocycles. The van der Waals surface area contributed by atoms with Crippen molar-refractivity contribution in [3.63, 3.8) is 0 Å². The van der Waals surface area contributed by atoms with Gasteiger partial charge in [0.15, 0.2) is 0 Å². The second kappa shape index (κ2) is 14.1. The van der Waals surface area contributed by atoms with Crippen molar-refractivity contribution in [1.82, 2.24) is 4.90 Å². The smallest absolute Gasteiger partial charge is 0.0917 e. The fraction of sp³-hybridized carbons (Fsp3) is 0.909. The maximum Gasteiger partial charge on any atom is 0.0917 e. The lowest BCUT2D eigenvalue weighted by Gasteiger charge is -2.35. The van der Waals surface area contributed by atoms with Crippen molar-refractivity contribution in [2.75, 3.05) is 19.3 Å². The molecule has 0 aliphatic carbocycles. The van der Waals surface area contributed by atoms with Gasteiger partial charge in [0.2, 0.25) is 0 Å². The lowest BCUT2D eigenvalue weighted by molar-refractivity contribution is 0.295. The molecule has 24 heavy (non-hydrogen) atoms. The fourth-order valence-corrected chi connectivity index (χ4v) is 9.56. The molecule has 0 amide bonds. The van der Waals surface area contributed by atoms with E-state index >= 15 is 0 Å². The maximum atomic E-state index is 2.88. The Bertz CT molecular complexity index is 293. The summed E-state index contributed by atoms with van der Waals surface area (Å²) in [6.07, 6.45) is 21.1. The van der Waals surface area contributed by atoms with Crippen molar-refractivity contribution in [3.05, 3.63) is 11.8 Å². The quantitative estimate of drug-likeness (QED) is 0.441. The molecule has 0 saturated carbocycles. The van der Waals surface area contributed by atoms with Crippen LogP contribution in [-0.2, 0) is 0 Å². The molecule has 0 unspecified atom stereocenters. The molecule has 0 atom stereocenters. The average molecular weight is 352 g/mol. The van der Waals surface area contributed by atoms with Crippen LogP contribution in [0.25, 0.3) is 0 Å². The molecule has 0 bridgehead atoms. The van der Waals surface area contributed by atoms with Gasteiger partial charge in [0, 0.05) is 0 Å². The van der Waals surface area contributed by atoms with Gasteiger partial charge in [-0.05, 0) is 39.0 Å². The highest BCUT2D eigenvalue weighted by atomic mass is 28.3. The van der Waals surface area contributed by atoms with E-state index in [1.54, 1.807) is 0 Å². The first kappa shape index (κ1) is 22.0. The topological polar surface area (TPSA) is 3.24 Å². The third-order valence-electron chi connectivity index (χ3n) is 5.75. The zero-order valence-electron chi connectivity index (χ0n) is 17.1. The Morgan fingerprint density at radius 1 is 0.708 bits per heavy atom. The first-order chi connectivity index (χ1) is 11.8. The van der Waals surface area contributed by atoms with Gasteiger partial charge in [0.05, 0.1) is 8.07 Å². The summed E-state index contributed by atoms with van der Waals surface area (Å²) < 4.78 is 0. The molecule has 0 aromatic rings. The van der Waals surface area contributed by atoms with Crippen LogP contribution in [0.2, 0.25) is 12.1 Å². The van der Waals surface area contributed by atoms with E-state index in [4.69, 9.17) is 0 Å². The van der Waals surface area contributed by atoms with Crippen LogP contribution < -0.4 is 0 Å². The lowest BCUT2D eigenvalue weighted by Crippen LogP contribution is -2.46. The number of hydrogen-bond donors (Lipinski definition) is 0. The second-order valence-electron chi connectivity index (χ2n) is 8.17. The van der Waals surface area contributed by atoms with Crippen molar-refractivity contribution in [2.24, 2.45) is 0 Å². The molecule has 1 aliphatic heterocycles. The highest BCUT2D eigenvalue weighted by Gasteiger charge is 2.30. The van der Waals surface area contributed by atoms with Gasteiger partial charge >= 0.3 is 0 Å². The van der Waals surface area contributed by atoms with Gasteiger partial charge in [-0.25, -0.2) is 0 Å². The SMILES string of the molecule is CC=C[Si](CCC)(CCC)CN1CCCCCCCCCCCC1. The van der Waals surface area contributed by atoms with E-state index in [0.717, 1.165) is 0 Å². The third kappa shape index (κ3) is 9.41. The Morgan fingerprint density at radius 2 is 1.12 bits per heavy atom. The van der Waals surface area contributed by atoms with E-state index in [1.807, 2.05) is 0 Å². The van der Waals surface area contributed by atoms with Crippen LogP contribution in [0.4, 0.5) is 0 Å². The molecule has 0 aromatic carbocycles. The van der Waals surface area contributed by atoms with Crippen LogP contribution in [0.1, 0.15) is 97.8 Å². The van der Waals surface area contributed by atoms with Crippen molar-refractivity contribution in [2.45, 2.75) is 110 Å². The fourth-order valence-electron chi connectivity index (χ4n) is 4.65. The van der Waals surface area contributed by atoms with E-state index < -0.39 is 8.07 Å². The maximum absolute atomic E-state index is 2.88. The van der Waals surface area contributed by atoms with Crippen molar-refractivity contribution < 1.29 is 0 Å². The van der Waals surface area contributed by atoms with E-state index in [0.29, 0.717) is 0 Å². The summed E-state index contributed by atoms with van der Waals surface area (Å²) in [6.45, 7) is 9.74. The van der Waals surface area contributed by atoms with Crippen LogP contribution in [0.15, 0.2) is 11.8 Å². The molecule has 0 spiro atoms. The van der Waals surface area contributed by atoms with Gasteiger partial charge in [-0.15, -0.1) is 0 Å². The van der Waals surface area contributed by atoms with E-state index in [9.17, 15) is 0 Å². The number of nitrogens with zero attached hydrogens (tertiary/aromatic N) is 1. The molecule has 1 rings (SSSR count). The highest BCUT2D eigenvalue weighted by Crippen LogP contribution is 2.24. The molecule has 1 heterocycles. The minimum atomic E-state index is -1.24. The molecule has 142 valence electrons. The molecule has 2 heteroatoms. The minimum absolute atomic E-state index is 1.24. The monoisotopic (exact) mass is 351 g/mol. The molecule has 1 saturated heterocycles. The summed E-state index contributed by atoms with van der Waals surface area (Å²) in [5.41, 5.74) is 2.68. The van der Waals surface area contributed by atoms with Crippen LogP contribution in [0.5, 0.6) is 0 Å². The Hall–Kier alpha value is -0.0831. The summed E-state index contributed by atoms with van der Waals surface area (Å²) in [5, 5.41) is 0. The largest absolute Gasteiger partial charge is 0.306 e. The summed E-state index contributed by atoms with van der Waals surface area (Å²) in [4.78, 5) is 2.88. The summed E-state index contributed by atoms with van der Waals surface area (Å²) in [6, 6.07) is 2.98. The zero-order chi connectivity index (χ0) is 17.5. The zero-order valence-corrected chi connectivity index (χ0v) is 18.1. The van der Waals surface area contributed by atoms with E-state index in [-0.39, 0.29) is 0 Å². The minimum Gasteiger partial charge on any atom is -0.306 e. The van der Waals surface area contributed by atoms with Gasteiger partial charge in [-0.3, -0.25) is 0 Å². The number of hydrogen-bond acceptors (Lipinski definition) is 1. The Labute approximate surface area is 154 Å². The predicted octanol–water partition coefficient (Wildman–Crippen LogP) is 7.13. The summed E-state index contributed by atoms with van der Waals surface area (Å²) in [7, 11) is -1.24. The number of rotatable bonds is 7. The molecular weight excluding hydrogens is 306 g/mol. The summed E-state index contributed by atoms with van der Waals surface area (Å²) >= 11 is 0. The van der Waals surface area contributed by atoms with Crippen LogP contribution in [-0.4, -0.2) is 32.2 Å². The molecule has 1 nitrogen and oxygen atoms in total. The predicted molar refractivity (Wildman–Crippen MR) is 113 cm³/mol. The molecule has 0 N–H and O–H groups in total.